The van der Waals surface area contributed by atoms with E-state index in [1.807, 2.05) is 0 Å². The van der Waals surface area contributed by atoms with Crippen LogP contribution >= 0.6 is 0 Å². The summed E-state index contributed by atoms with van der Waals surface area (Å²) in [5.74, 6) is 0.852. The van der Waals surface area contributed by atoms with Crippen LogP contribution in [0.4, 0.5) is 0 Å². The molecule has 1 heterocycles. The van der Waals surface area contributed by atoms with Crippen molar-refractivity contribution in [3.8, 4) is 0 Å². The predicted octanol–water partition coefficient (Wildman–Crippen LogP) is 1.53. The smallest absolute Gasteiger partial charge is 0.0335 e. The second kappa shape index (κ2) is 5.25. The SMILES string of the molecule is CCC1CN(C)CCCN1C(C)(CN)C1CC1. The Labute approximate surface area is 106 Å². The maximum atomic E-state index is 6.13. The molecule has 2 aliphatic rings. The van der Waals surface area contributed by atoms with Crippen molar-refractivity contribution in [1.29, 1.82) is 0 Å². The van der Waals surface area contributed by atoms with E-state index in [4.69, 9.17) is 5.73 Å². The van der Waals surface area contributed by atoms with E-state index in [0.717, 1.165) is 12.5 Å². The van der Waals surface area contributed by atoms with Crippen molar-refractivity contribution in [1.82, 2.24) is 9.80 Å². The van der Waals surface area contributed by atoms with Gasteiger partial charge < -0.3 is 10.6 Å². The van der Waals surface area contributed by atoms with Crippen molar-refractivity contribution >= 4 is 0 Å². The molecule has 0 radical (unpaired) electrons. The summed E-state index contributed by atoms with van der Waals surface area (Å²) in [5, 5.41) is 0. The van der Waals surface area contributed by atoms with Crippen molar-refractivity contribution in [3.63, 3.8) is 0 Å². The molecule has 2 unspecified atom stereocenters. The third kappa shape index (κ3) is 2.67. The zero-order valence-electron chi connectivity index (χ0n) is 11.8. The Bertz CT molecular complexity index is 252. The fourth-order valence-corrected chi connectivity index (χ4v) is 3.49. The van der Waals surface area contributed by atoms with Crippen LogP contribution in [0.15, 0.2) is 0 Å². The third-order valence-electron chi connectivity index (χ3n) is 4.90. The molecular formula is C14H29N3. The number of hydrogen-bond acceptors (Lipinski definition) is 3. The number of nitrogens with zero attached hydrogens (tertiary/aromatic N) is 2. The van der Waals surface area contributed by atoms with Gasteiger partial charge >= 0.3 is 0 Å². The van der Waals surface area contributed by atoms with Gasteiger partial charge in [-0.05, 0) is 52.1 Å². The van der Waals surface area contributed by atoms with Crippen molar-refractivity contribution in [2.24, 2.45) is 11.7 Å². The lowest BCUT2D eigenvalue weighted by Gasteiger charge is -2.45. The molecule has 0 aromatic carbocycles. The van der Waals surface area contributed by atoms with Crippen molar-refractivity contribution < 1.29 is 0 Å². The lowest BCUT2D eigenvalue weighted by atomic mass is 9.90. The van der Waals surface area contributed by atoms with E-state index in [9.17, 15) is 0 Å². The molecule has 2 rings (SSSR count). The van der Waals surface area contributed by atoms with E-state index >= 15 is 0 Å². The van der Waals surface area contributed by atoms with Crippen LogP contribution in [0, 0.1) is 5.92 Å². The van der Waals surface area contributed by atoms with Crippen molar-refractivity contribution in [2.75, 3.05) is 33.2 Å². The Morgan fingerprint density at radius 2 is 2.00 bits per heavy atom. The van der Waals surface area contributed by atoms with E-state index in [1.54, 1.807) is 0 Å². The summed E-state index contributed by atoms with van der Waals surface area (Å²) in [4.78, 5) is 5.23. The van der Waals surface area contributed by atoms with Crippen LogP contribution in [0.1, 0.15) is 39.5 Å². The van der Waals surface area contributed by atoms with Crippen LogP contribution in [0.25, 0.3) is 0 Å². The first kappa shape index (κ1) is 13.3. The van der Waals surface area contributed by atoms with Gasteiger partial charge in [0.2, 0.25) is 0 Å². The number of hydrogen-bond donors (Lipinski definition) is 1. The Morgan fingerprint density at radius 3 is 2.53 bits per heavy atom. The predicted molar refractivity (Wildman–Crippen MR) is 73.1 cm³/mol. The van der Waals surface area contributed by atoms with Crippen LogP contribution in [-0.4, -0.2) is 54.6 Å². The van der Waals surface area contributed by atoms with Gasteiger partial charge in [0.1, 0.15) is 0 Å². The first-order valence-corrected chi connectivity index (χ1v) is 7.27. The van der Waals surface area contributed by atoms with Crippen LogP contribution < -0.4 is 5.73 Å². The molecule has 3 heteroatoms. The van der Waals surface area contributed by atoms with Gasteiger partial charge in [0.15, 0.2) is 0 Å². The highest BCUT2D eigenvalue weighted by Gasteiger charge is 2.46. The maximum absolute atomic E-state index is 6.13. The lowest BCUT2D eigenvalue weighted by molar-refractivity contribution is 0.0434. The molecule has 3 nitrogen and oxygen atoms in total. The molecule has 0 spiro atoms. The van der Waals surface area contributed by atoms with Gasteiger partial charge in [0.25, 0.3) is 0 Å². The molecule has 1 aliphatic carbocycles. The zero-order valence-corrected chi connectivity index (χ0v) is 11.8. The summed E-state index contributed by atoms with van der Waals surface area (Å²) in [6.07, 6.45) is 5.30. The Hall–Kier alpha value is -0.120. The van der Waals surface area contributed by atoms with Crippen LogP contribution in [0.5, 0.6) is 0 Å². The van der Waals surface area contributed by atoms with Crippen LogP contribution in [0.2, 0.25) is 0 Å². The minimum atomic E-state index is 0.256. The highest BCUT2D eigenvalue weighted by molar-refractivity contribution is 5.02. The van der Waals surface area contributed by atoms with E-state index in [2.05, 4.69) is 30.7 Å². The van der Waals surface area contributed by atoms with E-state index < -0.39 is 0 Å². The first-order chi connectivity index (χ1) is 8.11. The number of nitrogens with two attached hydrogens (primary N) is 1. The Balaban J connectivity index is 2.14. The second-order valence-corrected chi connectivity index (χ2v) is 6.21. The summed E-state index contributed by atoms with van der Waals surface area (Å²) in [6, 6.07) is 0.691. The average molecular weight is 239 g/mol. The molecule has 1 saturated heterocycles. The minimum Gasteiger partial charge on any atom is -0.329 e. The monoisotopic (exact) mass is 239 g/mol. The highest BCUT2D eigenvalue weighted by atomic mass is 15.3. The molecular weight excluding hydrogens is 210 g/mol. The molecule has 1 aliphatic heterocycles. The Kier molecular flexibility index (Phi) is 4.11. The molecule has 2 fully saturated rings. The molecule has 0 aromatic heterocycles. The van der Waals surface area contributed by atoms with Gasteiger partial charge in [-0.1, -0.05) is 6.92 Å². The van der Waals surface area contributed by atoms with Gasteiger partial charge in [-0.2, -0.15) is 0 Å². The number of rotatable bonds is 4. The minimum absolute atomic E-state index is 0.256. The molecule has 0 amide bonds. The topological polar surface area (TPSA) is 32.5 Å². The van der Waals surface area contributed by atoms with Gasteiger partial charge in [0.05, 0.1) is 0 Å². The van der Waals surface area contributed by atoms with E-state index in [1.165, 1.54) is 45.3 Å². The van der Waals surface area contributed by atoms with Gasteiger partial charge in [-0.15, -0.1) is 0 Å². The van der Waals surface area contributed by atoms with Gasteiger partial charge in [0, 0.05) is 31.2 Å². The standard InChI is InChI=1S/C14H29N3/c1-4-13-10-16(3)8-5-9-17(13)14(2,11-15)12-6-7-12/h12-13H,4-11,15H2,1-3H3. The quantitative estimate of drug-likeness (QED) is 0.807. The lowest BCUT2D eigenvalue weighted by Crippen LogP contribution is -2.58. The molecule has 0 bridgehead atoms. The summed E-state index contributed by atoms with van der Waals surface area (Å²) in [5.41, 5.74) is 6.38. The molecule has 100 valence electrons. The van der Waals surface area contributed by atoms with Crippen LogP contribution in [0.3, 0.4) is 0 Å². The molecule has 2 atom stereocenters. The third-order valence-corrected chi connectivity index (χ3v) is 4.90. The van der Waals surface area contributed by atoms with E-state index in [0.29, 0.717) is 6.04 Å². The second-order valence-electron chi connectivity index (χ2n) is 6.21. The van der Waals surface area contributed by atoms with Crippen molar-refractivity contribution in [3.05, 3.63) is 0 Å². The van der Waals surface area contributed by atoms with E-state index in [-0.39, 0.29) is 5.54 Å². The maximum Gasteiger partial charge on any atom is 0.0335 e. The molecule has 2 N–H and O–H groups in total. The normalized spacial score (nSPS) is 32.1. The van der Waals surface area contributed by atoms with Gasteiger partial charge in [-0.3, -0.25) is 4.90 Å². The molecule has 1 saturated carbocycles. The number of likely N-dealkylation sites (N-methyl/N-ethyl adjacent to an activating group) is 1. The van der Waals surface area contributed by atoms with Gasteiger partial charge in [-0.25, -0.2) is 0 Å². The zero-order chi connectivity index (χ0) is 12.5. The fraction of sp³-hybridized carbons (Fsp3) is 1.00. The fourth-order valence-electron chi connectivity index (χ4n) is 3.49. The first-order valence-electron chi connectivity index (χ1n) is 7.27. The summed E-state index contributed by atoms with van der Waals surface area (Å²) < 4.78 is 0. The highest BCUT2D eigenvalue weighted by Crippen LogP contribution is 2.43. The molecule has 0 aromatic rings. The summed E-state index contributed by atoms with van der Waals surface area (Å²) in [6.45, 7) is 9.21. The summed E-state index contributed by atoms with van der Waals surface area (Å²) in [7, 11) is 2.25. The van der Waals surface area contributed by atoms with Crippen LogP contribution in [-0.2, 0) is 0 Å². The average Bonchev–Trinajstić information content (AvgIpc) is 3.14. The largest absolute Gasteiger partial charge is 0.329 e. The van der Waals surface area contributed by atoms with Crippen molar-refractivity contribution in [2.45, 2.75) is 51.1 Å². The summed E-state index contributed by atoms with van der Waals surface area (Å²) >= 11 is 0. The molecule has 17 heavy (non-hydrogen) atoms. The Morgan fingerprint density at radius 1 is 1.29 bits per heavy atom.